The second-order valence-electron chi connectivity index (χ2n) is 8.63. The minimum absolute atomic E-state index is 0.345. The zero-order valence-electron chi connectivity index (χ0n) is 20.5. The summed E-state index contributed by atoms with van der Waals surface area (Å²) in [7, 11) is 0. The molecule has 0 aliphatic heterocycles. The van der Waals surface area contributed by atoms with Crippen LogP contribution in [0.5, 0.6) is 0 Å². The van der Waals surface area contributed by atoms with Gasteiger partial charge in [-0.3, -0.25) is 0 Å². The van der Waals surface area contributed by atoms with Crippen LogP contribution in [0.15, 0.2) is 42.2 Å². The van der Waals surface area contributed by atoms with Gasteiger partial charge < -0.3 is 9.47 Å². The molecule has 0 aromatic heterocycles. The molecule has 3 heteroatoms. The van der Waals surface area contributed by atoms with Crippen molar-refractivity contribution in [1.29, 1.82) is 0 Å². The van der Waals surface area contributed by atoms with Gasteiger partial charge in [-0.2, -0.15) is 0 Å². The number of benzene rings is 1. The van der Waals surface area contributed by atoms with Gasteiger partial charge in [0.05, 0.1) is 13.2 Å². The maximum atomic E-state index is 13.0. The van der Waals surface area contributed by atoms with E-state index in [1.54, 1.807) is 0 Å². The Hall–Kier alpha value is -2.03. The number of carbonyl (C=O) groups excluding carboxylic acids is 1. The second-order valence-corrected chi connectivity index (χ2v) is 8.63. The van der Waals surface area contributed by atoms with Crippen molar-refractivity contribution in [3.8, 4) is 0 Å². The van der Waals surface area contributed by atoms with Crippen molar-refractivity contribution in [1.82, 2.24) is 0 Å². The Morgan fingerprint density at radius 1 is 0.903 bits per heavy atom. The largest absolute Gasteiger partial charge is 0.493 e. The molecule has 0 heterocycles. The molecular formula is C28H44O3. The highest BCUT2D eigenvalue weighted by atomic mass is 16.5. The summed E-state index contributed by atoms with van der Waals surface area (Å²) in [4.78, 5) is 13.0. The van der Waals surface area contributed by atoms with Gasteiger partial charge in [-0.05, 0) is 43.2 Å². The van der Waals surface area contributed by atoms with Crippen molar-refractivity contribution in [3.05, 3.63) is 53.3 Å². The maximum absolute atomic E-state index is 13.0. The van der Waals surface area contributed by atoms with Gasteiger partial charge in [0.25, 0.3) is 0 Å². The summed E-state index contributed by atoms with van der Waals surface area (Å²) in [5.41, 5.74) is 2.54. The number of carbonyl (C=O) groups is 1. The summed E-state index contributed by atoms with van der Waals surface area (Å²) in [6, 6.07) is 8.08. The Morgan fingerprint density at radius 3 is 1.90 bits per heavy atom. The fraction of sp³-hybridized carbons (Fsp3) is 0.607. The fourth-order valence-electron chi connectivity index (χ4n) is 3.45. The van der Waals surface area contributed by atoms with Crippen LogP contribution >= 0.6 is 0 Å². The van der Waals surface area contributed by atoms with E-state index in [1.165, 1.54) is 18.4 Å². The zero-order chi connectivity index (χ0) is 23.1. The molecule has 1 aromatic carbocycles. The molecule has 3 nitrogen and oxygen atoms in total. The smallest absolute Gasteiger partial charge is 0.341 e. The lowest BCUT2D eigenvalue weighted by atomic mass is 10.0. The molecule has 0 saturated carbocycles. The lowest BCUT2D eigenvalue weighted by Gasteiger charge is -2.19. The van der Waals surface area contributed by atoms with Crippen molar-refractivity contribution in [2.45, 2.75) is 86.0 Å². The highest BCUT2D eigenvalue weighted by Crippen LogP contribution is 2.22. The van der Waals surface area contributed by atoms with Crippen molar-refractivity contribution in [2.24, 2.45) is 11.8 Å². The summed E-state index contributed by atoms with van der Waals surface area (Å²) in [5, 5.41) is 0. The van der Waals surface area contributed by atoms with E-state index >= 15 is 0 Å². The molecule has 31 heavy (non-hydrogen) atoms. The first-order chi connectivity index (χ1) is 14.9. The van der Waals surface area contributed by atoms with E-state index in [4.69, 9.17) is 9.47 Å². The van der Waals surface area contributed by atoms with E-state index < -0.39 is 0 Å². The fourth-order valence-corrected chi connectivity index (χ4v) is 3.45. The molecule has 1 aromatic rings. The Kier molecular flexibility index (Phi) is 13.7. The Balaban J connectivity index is 2.90. The molecule has 0 radical (unpaired) electrons. The van der Waals surface area contributed by atoms with Gasteiger partial charge in [-0.25, -0.2) is 4.79 Å². The number of ether oxygens (including phenoxy) is 2. The molecule has 0 fully saturated rings. The van der Waals surface area contributed by atoms with Crippen molar-refractivity contribution >= 4 is 12.0 Å². The molecule has 0 aliphatic rings. The van der Waals surface area contributed by atoms with Crippen LogP contribution < -0.4 is 0 Å². The molecule has 174 valence electrons. The zero-order valence-corrected chi connectivity index (χ0v) is 20.5. The predicted octanol–water partition coefficient (Wildman–Crippen LogP) is 7.88. The lowest BCUT2D eigenvalue weighted by Crippen LogP contribution is -2.18. The lowest BCUT2D eigenvalue weighted by molar-refractivity contribution is -0.140. The number of unbranched alkanes of at least 4 members (excludes halogenated alkanes) is 2. The van der Waals surface area contributed by atoms with Crippen LogP contribution in [0.4, 0.5) is 0 Å². The molecule has 0 amide bonds. The number of aryl methyl sites for hydroxylation is 1. The summed E-state index contributed by atoms with van der Waals surface area (Å²) in [6.07, 6.45) is 10.8. The first-order valence-corrected chi connectivity index (χ1v) is 12.2. The van der Waals surface area contributed by atoms with E-state index in [9.17, 15) is 4.79 Å². The normalized spacial score (nSPS) is 13.5. The third-order valence-corrected chi connectivity index (χ3v) is 5.94. The van der Waals surface area contributed by atoms with Gasteiger partial charge in [-0.1, -0.05) is 103 Å². The number of hydrogen-bond acceptors (Lipinski definition) is 3. The van der Waals surface area contributed by atoms with E-state index in [1.807, 2.05) is 37.3 Å². The van der Waals surface area contributed by atoms with Crippen molar-refractivity contribution in [3.63, 3.8) is 0 Å². The van der Waals surface area contributed by atoms with Gasteiger partial charge in [0.15, 0.2) is 0 Å². The van der Waals surface area contributed by atoms with E-state index in [-0.39, 0.29) is 5.97 Å². The number of hydrogen-bond donors (Lipinski definition) is 0. The molecule has 1 rings (SSSR count). The Labute approximate surface area is 190 Å². The average Bonchev–Trinajstić information content (AvgIpc) is 2.78. The Bertz CT molecular complexity index is 638. The van der Waals surface area contributed by atoms with Crippen molar-refractivity contribution in [2.75, 3.05) is 13.2 Å². The average molecular weight is 429 g/mol. The molecule has 2 atom stereocenters. The van der Waals surface area contributed by atoms with Gasteiger partial charge in [-0.15, -0.1) is 0 Å². The molecule has 0 bridgehead atoms. The molecule has 0 aliphatic carbocycles. The van der Waals surface area contributed by atoms with E-state index in [0.717, 1.165) is 44.1 Å². The van der Waals surface area contributed by atoms with Crippen LogP contribution in [0.1, 0.15) is 90.2 Å². The standard InChI is InChI=1S/C28H44O3/c1-7-11-13-24(9-3)20-30-23(6)27(19-26-17-15-22(5)16-18-26)28(29)31-21-25(10-4)14-12-8-2/h15-19,24-25H,6-14,20-21H2,1-5H3. The quantitative estimate of drug-likeness (QED) is 0.116. The molecule has 0 N–H and O–H groups in total. The van der Waals surface area contributed by atoms with Gasteiger partial charge in [0.2, 0.25) is 0 Å². The minimum Gasteiger partial charge on any atom is -0.493 e. The predicted molar refractivity (Wildman–Crippen MR) is 132 cm³/mol. The van der Waals surface area contributed by atoms with E-state index in [2.05, 4.69) is 34.3 Å². The molecular weight excluding hydrogens is 384 g/mol. The van der Waals surface area contributed by atoms with Crippen LogP contribution in [-0.2, 0) is 14.3 Å². The van der Waals surface area contributed by atoms with Crippen LogP contribution in [0, 0.1) is 18.8 Å². The minimum atomic E-state index is -0.345. The van der Waals surface area contributed by atoms with Crippen LogP contribution in [0.25, 0.3) is 6.08 Å². The first kappa shape index (κ1) is 27.0. The second kappa shape index (κ2) is 15.7. The molecule has 0 saturated heterocycles. The van der Waals surface area contributed by atoms with E-state index in [0.29, 0.717) is 36.4 Å². The highest BCUT2D eigenvalue weighted by molar-refractivity contribution is 5.97. The van der Waals surface area contributed by atoms with Crippen LogP contribution in [-0.4, -0.2) is 19.2 Å². The third kappa shape index (κ3) is 10.7. The summed E-state index contributed by atoms with van der Waals surface area (Å²) < 4.78 is 11.7. The van der Waals surface area contributed by atoms with Crippen LogP contribution in [0.2, 0.25) is 0 Å². The Morgan fingerprint density at radius 2 is 1.42 bits per heavy atom. The molecule has 2 unspecified atom stereocenters. The summed E-state index contributed by atoms with van der Waals surface area (Å²) in [6.45, 7) is 15.9. The van der Waals surface area contributed by atoms with Gasteiger partial charge in [0.1, 0.15) is 11.3 Å². The van der Waals surface area contributed by atoms with Crippen molar-refractivity contribution < 1.29 is 14.3 Å². The SMILES string of the molecule is C=C(OCC(CC)CCCC)C(=Cc1ccc(C)cc1)C(=O)OCC(CC)CCCC. The van der Waals surface area contributed by atoms with Gasteiger partial charge >= 0.3 is 5.97 Å². The maximum Gasteiger partial charge on any atom is 0.341 e. The summed E-state index contributed by atoms with van der Waals surface area (Å²) >= 11 is 0. The number of esters is 1. The monoisotopic (exact) mass is 428 g/mol. The topological polar surface area (TPSA) is 35.5 Å². The molecule has 0 spiro atoms. The third-order valence-electron chi connectivity index (χ3n) is 5.94. The van der Waals surface area contributed by atoms with Gasteiger partial charge in [0, 0.05) is 0 Å². The first-order valence-electron chi connectivity index (χ1n) is 12.2. The van der Waals surface area contributed by atoms with Crippen LogP contribution in [0.3, 0.4) is 0 Å². The highest BCUT2D eigenvalue weighted by Gasteiger charge is 2.19. The number of rotatable bonds is 16. The summed E-state index contributed by atoms with van der Waals surface area (Å²) in [5.74, 6) is 0.938.